The molecule has 0 bridgehead atoms. The Morgan fingerprint density at radius 3 is 2.57 bits per heavy atom. The topological polar surface area (TPSA) is 61.4 Å². The van der Waals surface area contributed by atoms with Gasteiger partial charge >= 0.3 is 0 Å². The number of hydrogen-bond acceptors (Lipinski definition) is 3. The van der Waals surface area contributed by atoms with Crippen molar-refractivity contribution in [2.75, 3.05) is 5.32 Å². The Balaban J connectivity index is 2.04. The van der Waals surface area contributed by atoms with Gasteiger partial charge in [-0.05, 0) is 42.5 Å². The van der Waals surface area contributed by atoms with Crippen molar-refractivity contribution in [1.82, 2.24) is 5.32 Å². The summed E-state index contributed by atoms with van der Waals surface area (Å²) in [7, 11) is 0. The van der Waals surface area contributed by atoms with Crippen molar-refractivity contribution in [3.63, 3.8) is 0 Å². The molecule has 0 radical (unpaired) electrons. The van der Waals surface area contributed by atoms with Crippen molar-refractivity contribution < 1.29 is 9.90 Å². The molecule has 1 amide bonds. The molecule has 7 heteroatoms. The number of amides is 1. The van der Waals surface area contributed by atoms with Crippen LogP contribution in [0.1, 0.15) is 10.4 Å². The van der Waals surface area contributed by atoms with Crippen molar-refractivity contribution in [2.24, 2.45) is 0 Å². The van der Waals surface area contributed by atoms with E-state index in [-0.39, 0.29) is 21.4 Å². The minimum Gasteiger partial charge on any atom is -0.508 e. The number of anilines is 1. The molecule has 0 aliphatic heterocycles. The molecule has 0 unspecified atom stereocenters. The second-order valence-corrected chi connectivity index (χ2v) is 5.33. The number of hydrogen-bond donors (Lipinski definition) is 3. The molecule has 108 valence electrons. The van der Waals surface area contributed by atoms with Crippen LogP contribution in [0.25, 0.3) is 0 Å². The Morgan fingerprint density at radius 1 is 1.14 bits per heavy atom. The number of nitrogens with one attached hydrogen (secondary N) is 2. The first-order chi connectivity index (χ1) is 9.95. The van der Waals surface area contributed by atoms with Crippen LogP contribution in [0.4, 0.5) is 5.69 Å². The number of carbonyl (C=O) groups excluding carboxylic acids is 1. The maximum absolute atomic E-state index is 12.0. The first-order valence-electron chi connectivity index (χ1n) is 5.82. The van der Waals surface area contributed by atoms with E-state index in [2.05, 4.69) is 10.6 Å². The van der Waals surface area contributed by atoms with Gasteiger partial charge in [0.25, 0.3) is 5.91 Å². The van der Waals surface area contributed by atoms with Crippen molar-refractivity contribution in [2.45, 2.75) is 0 Å². The second-order valence-electron chi connectivity index (χ2n) is 4.08. The van der Waals surface area contributed by atoms with Gasteiger partial charge in [-0.1, -0.05) is 29.3 Å². The van der Waals surface area contributed by atoms with Gasteiger partial charge in [0.2, 0.25) is 0 Å². The van der Waals surface area contributed by atoms with Crippen molar-refractivity contribution in [3.8, 4) is 5.75 Å². The highest BCUT2D eigenvalue weighted by Crippen LogP contribution is 2.21. The summed E-state index contributed by atoms with van der Waals surface area (Å²) >= 11 is 16.7. The molecule has 0 aromatic heterocycles. The van der Waals surface area contributed by atoms with Crippen LogP contribution in [0, 0.1) is 0 Å². The molecule has 2 aromatic rings. The number of phenolic OH excluding ortho intramolecular Hbond substituents is 1. The normalized spacial score (nSPS) is 10.0. The van der Waals surface area contributed by atoms with Crippen molar-refractivity contribution in [1.29, 1.82) is 0 Å². The molecule has 0 aliphatic carbocycles. The maximum atomic E-state index is 12.0. The maximum Gasteiger partial charge on any atom is 0.258 e. The molecule has 3 N–H and O–H groups in total. The highest BCUT2D eigenvalue weighted by atomic mass is 35.5. The minimum absolute atomic E-state index is 0.0925. The number of aromatic hydroxyl groups is 1. The smallest absolute Gasteiger partial charge is 0.258 e. The molecule has 2 aromatic carbocycles. The van der Waals surface area contributed by atoms with E-state index in [1.54, 1.807) is 18.2 Å². The van der Waals surface area contributed by atoms with E-state index in [0.29, 0.717) is 10.7 Å². The minimum atomic E-state index is -0.450. The predicted octanol–water partition coefficient (Wildman–Crippen LogP) is 3.83. The lowest BCUT2D eigenvalue weighted by atomic mass is 10.2. The highest BCUT2D eigenvalue weighted by molar-refractivity contribution is 7.80. The molecule has 4 nitrogen and oxygen atoms in total. The standard InChI is InChI=1S/C14H10Cl2N2O2S/c15-8-4-5-11(12(16)6-8)13(20)18-14(21)17-9-2-1-3-10(19)7-9/h1-7,19H,(H2,17,18,20,21). The van der Waals surface area contributed by atoms with E-state index in [1.807, 2.05) is 0 Å². The summed E-state index contributed by atoms with van der Waals surface area (Å²) in [5, 5.41) is 15.4. The molecule has 0 saturated heterocycles. The Hall–Kier alpha value is -1.82. The SMILES string of the molecule is O=C(NC(=S)Nc1cccc(O)c1)c1ccc(Cl)cc1Cl. The average molecular weight is 341 g/mol. The third-order valence-electron chi connectivity index (χ3n) is 2.51. The molecular formula is C14H10Cl2N2O2S. The number of benzene rings is 2. The zero-order chi connectivity index (χ0) is 15.4. The van der Waals surface area contributed by atoms with Gasteiger partial charge in [0, 0.05) is 16.8 Å². The summed E-state index contributed by atoms with van der Waals surface area (Å²) in [5.41, 5.74) is 0.823. The molecule has 0 heterocycles. The molecule has 21 heavy (non-hydrogen) atoms. The van der Waals surface area contributed by atoms with Crippen LogP contribution in [-0.4, -0.2) is 16.1 Å². The van der Waals surface area contributed by atoms with Crippen LogP contribution in [0.5, 0.6) is 5.75 Å². The average Bonchev–Trinajstić information content (AvgIpc) is 2.38. The molecule has 0 saturated carbocycles. The van der Waals surface area contributed by atoms with Crippen LogP contribution in [0.3, 0.4) is 0 Å². The third kappa shape index (κ3) is 4.32. The lowest BCUT2D eigenvalue weighted by molar-refractivity contribution is 0.0978. The van der Waals surface area contributed by atoms with Crippen LogP contribution in [0.2, 0.25) is 10.0 Å². The van der Waals surface area contributed by atoms with Crippen LogP contribution >= 0.6 is 35.4 Å². The van der Waals surface area contributed by atoms with E-state index in [9.17, 15) is 9.90 Å². The first kappa shape index (κ1) is 15.6. The molecular weight excluding hydrogens is 331 g/mol. The lowest BCUT2D eigenvalue weighted by Crippen LogP contribution is -2.34. The van der Waals surface area contributed by atoms with Crippen molar-refractivity contribution in [3.05, 3.63) is 58.1 Å². The monoisotopic (exact) mass is 340 g/mol. The van der Waals surface area contributed by atoms with Gasteiger partial charge in [-0.2, -0.15) is 0 Å². The van der Waals surface area contributed by atoms with Gasteiger partial charge < -0.3 is 10.4 Å². The van der Waals surface area contributed by atoms with Gasteiger partial charge in [0.05, 0.1) is 10.6 Å². The van der Waals surface area contributed by atoms with Gasteiger partial charge in [0.1, 0.15) is 5.75 Å². The van der Waals surface area contributed by atoms with E-state index in [4.69, 9.17) is 35.4 Å². The van der Waals surface area contributed by atoms with Crippen LogP contribution in [0.15, 0.2) is 42.5 Å². The Morgan fingerprint density at radius 2 is 1.90 bits per heavy atom. The van der Waals surface area contributed by atoms with Gasteiger partial charge in [-0.25, -0.2) is 0 Å². The molecule has 0 spiro atoms. The predicted molar refractivity (Wildman–Crippen MR) is 88.3 cm³/mol. The summed E-state index contributed by atoms with van der Waals surface area (Å²) in [6, 6.07) is 10.9. The van der Waals surface area contributed by atoms with E-state index in [0.717, 1.165) is 0 Å². The zero-order valence-electron chi connectivity index (χ0n) is 10.6. The number of rotatable bonds is 2. The third-order valence-corrected chi connectivity index (χ3v) is 3.26. The van der Waals surface area contributed by atoms with Gasteiger partial charge in [-0.3, -0.25) is 10.1 Å². The summed E-state index contributed by atoms with van der Waals surface area (Å²) in [6.45, 7) is 0. The Bertz CT molecular complexity index is 707. The molecule has 0 atom stereocenters. The summed E-state index contributed by atoms with van der Waals surface area (Å²) in [6.07, 6.45) is 0. The number of halogens is 2. The van der Waals surface area contributed by atoms with Crippen LogP contribution < -0.4 is 10.6 Å². The summed E-state index contributed by atoms with van der Waals surface area (Å²) in [4.78, 5) is 12.0. The van der Waals surface area contributed by atoms with Gasteiger partial charge in [-0.15, -0.1) is 0 Å². The van der Waals surface area contributed by atoms with Crippen molar-refractivity contribution >= 4 is 52.1 Å². The molecule has 2 rings (SSSR count). The Kier molecular flexibility index (Phi) is 5.01. The van der Waals surface area contributed by atoms with E-state index < -0.39 is 5.91 Å². The molecule has 0 fully saturated rings. The first-order valence-corrected chi connectivity index (χ1v) is 6.98. The lowest BCUT2D eigenvalue weighted by Gasteiger charge is -2.10. The van der Waals surface area contributed by atoms with Gasteiger partial charge in [0.15, 0.2) is 5.11 Å². The number of carbonyl (C=O) groups is 1. The second kappa shape index (κ2) is 6.76. The fraction of sp³-hybridized carbons (Fsp3) is 0. The number of phenols is 1. The Labute approximate surface area is 136 Å². The van der Waals surface area contributed by atoms with E-state index in [1.165, 1.54) is 24.3 Å². The number of thiocarbonyl (C=S) groups is 1. The summed E-state index contributed by atoms with van der Waals surface area (Å²) in [5.74, 6) is -0.357. The van der Waals surface area contributed by atoms with E-state index >= 15 is 0 Å². The molecule has 0 aliphatic rings. The largest absolute Gasteiger partial charge is 0.508 e. The van der Waals surface area contributed by atoms with Crippen LogP contribution in [-0.2, 0) is 0 Å². The fourth-order valence-corrected chi connectivity index (χ4v) is 2.29. The quantitative estimate of drug-likeness (QED) is 0.727. The highest BCUT2D eigenvalue weighted by Gasteiger charge is 2.12. The summed E-state index contributed by atoms with van der Waals surface area (Å²) < 4.78 is 0. The fourth-order valence-electron chi connectivity index (χ4n) is 1.59. The zero-order valence-corrected chi connectivity index (χ0v) is 12.9.